The van der Waals surface area contributed by atoms with E-state index >= 15 is 0 Å². The van der Waals surface area contributed by atoms with Gasteiger partial charge in [-0.1, -0.05) is 6.92 Å². The molecule has 4 nitrogen and oxygen atoms in total. The van der Waals surface area contributed by atoms with Crippen molar-refractivity contribution in [3.05, 3.63) is 23.3 Å². The monoisotopic (exact) mass is 306 g/mol. The summed E-state index contributed by atoms with van der Waals surface area (Å²) in [5.74, 6) is -6.31. The summed E-state index contributed by atoms with van der Waals surface area (Å²) in [5.41, 5.74) is 0.114. The molecule has 0 amide bonds. The molecule has 0 aromatic heterocycles. The Morgan fingerprint density at radius 2 is 2.11 bits per heavy atom. The fraction of sp³-hybridized carbons (Fsp3) is 0.333. The van der Waals surface area contributed by atoms with Crippen molar-refractivity contribution in [3.8, 4) is 11.5 Å². The number of ether oxygens (including phenoxy) is 1. The smallest absolute Gasteiger partial charge is 0.312 e. The van der Waals surface area contributed by atoms with Crippen LogP contribution in [0.5, 0.6) is 11.5 Å². The number of benzene rings is 1. The molecule has 2 rings (SSSR count). The molecule has 0 fully saturated rings. The molecule has 1 aromatic carbocycles. The van der Waals surface area contributed by atoms with Crippen LogP contribution in [-0.4, -0.2) is 17.4 Å². The topological polar surface area (TPSA) is 63.6 Å². The second kappa shape index (κ2) is 5.71. The quantitative estimate of drug-likeness (QED) is 0.514. The van der Waals surface area contributed by atoms with Gasteiger partial charge in [-0.2, -0.15) is 4.39 Å². The molecule has 1 radical (unpaired) electrons. The second-order valence-corrected chi connectivity index (χ2v) is 4.10. The van der Waals surface area contributed by atoms with Crippen LogP contribution in [0.15, 0.2) is 6.07 Å². The van der Waals surface area contributed by atoms with Gasteiger partial charge in [0, 0.05) is 30.0 Å². The Kier molecular flexibility index (Phi) is 4.71. The van der Waals surface area contributed by atoms with Gasteiger partial charge in [0.1, 0.15) is 0 Å². The van der Waals surface area contributed by atoms with Crippen molar-refractivity contribution in [1.29, 1.82) is 0 Å². The van der Waals surface area contributed by atoms with Crippen LogP contribution in [0.3, 0.4) is 0 Å². The minimum atomic E-state index is -1.31. The molecule has 1 aromatic rings. The summed E-state index contributed by atoms with van der Waals surface area (Å²) in [5, 5.41) is 9.10. The normalized spacial score (nSPS) is 21.1. The maximum Gasteiger partial charge on any atom is 0.312 e. The van der Waals surface area contributed by atoms with Gasteiger partial charge in [-0.25, -0.2) is 4.39 Å². The van der Waals surface area contributed by atoms with E-state index in [9.17, 15) is 18.4 Å². The number of carbonyl (C=O) groups excluding carboxylic acids is 2. The first-order valence-electron chi connectivity index (χ1n) is 5.25. The molecular formula is C12H9F2O4V-. The van der Waals surface area contributed by atoms with Crippen LogP contribution in [0.4, 0.5) is 8.78 Å². The SMILES string of the molecule is CC1c2cc(F)c(O)c(F)c2OC(=O)C1C[C-]=O.[V]. The number of esters is 1. The van der Waals surface area contributed by atoms with Gasteiger partial charge in [0.25, 0.3) is 0 Å². The zero-order valence-corrected chi connectivity index (χ0v) is 11.2. The van der Waals surface area contributed by atoms with Crippen molar-refractivity contribution in [2.45, 2.75) is 19.3 Å². The van der Waals surface area contributed by atoms with Crippen LogP contribution in [0, 0.1) is 17.6 Å². The van der Waals surface area contributed by atoms with Gasteiger partial charge in [-0.15, -0.1) is 6.42 Å². The average molecular weight is 306 g/mol. The molecule has 1 heterocycles. The van der Waals surface area contributed by atoms with Crippen molar-refractivity contribution in [1.82, 2.24) is 0 Å². The molecule has 0 spiro atoms. The molecule has 1 aliphatic rings. The van der Waals surface area contributed by atoms with Crippen LogP contribution in [0.25, 0.3) is 0 Å². The number of aromatic hydroxyl groups is 1. The summed E-state index contributed by atoms with van der Waals surface area (Å²) in [6.45, 7) is 1.55. The average Bonchev–Trinajstić information content (AvgIpc) is 2.34. The summed E-state index contributed by atoms with van der Waals surface area (Å²) < 4.78 is 31.5. The van der Waals surface area contributed by atoms with Gasteiger partial charge < -0.3 is 14.6 Å². The molecule has 7 heteroatoms. The molecular weight excluding hydrogens is 297 g/mol. The van der Waals surface area contributed by atoms with E-state index in [2.05, 4.69) is 0 Å². The van der Waals surface area contributed by atoms with E-state index in [-0.39, 0.29) is 30.5 Å². The van der Waals surface area contributed by atoms with Crippen molar-refractivity contribution < 1.29 is 46.8 Å². The van der Waals surface area contributed by atoms with E-state index in [0.29, 0.717) is 0 Å². The summed E-state index contributed by atoms with van der Waals surface area (Å²) in [6, 6.07) is 0.905. The van der Waals surface area contributed by atoms with E-state index in [0.717, 1.165) is 6.07 Å². The molecule has 0 saturated carbocycles. The van der Waals surface area contributed by atoms with Gasteiger partial charge in [-0.05, 0) is 12.0 Å². The number of halogens is 2. The first kappa shape index (κ1) is 15.7. The van der Waals surface area contributed by atoms with E-state index < -0.39 is 40.9 Å². The van der Waals surface area contributed by atoms with Gasteiger partial charge in [0.15, 0.2) is 17.3 Å². The molecule has 0 aliphatic carbocycles. The van der Waals surface area contributed by atoms with Gasteiger partial charge >= 0.3 is 5.97 Å². The standard InChI is InChI=1S/C12H9F2O4.V/c1-5-6(2-3-15)12(17)18-11-7(5)4-8(13)10(16)9(11)14;/h4-6,16H,2H2,1H3;/q-1;. The fourth-order valence-electron chi connectivity index (χ4n) is 2.00. The predicted molar refractivity (Wildman–Crippen MR) is 55.9 cm³/mol. The van der Waals surface area contributed by atoms with Crippen molar-refractivity contribution in [3.63, 3.8) is 0 Å². The van der Waals surface area contributed by atoms with Crippen LogP contribution >= 0.6 is 0 Å². The first-order chi connectivity index (χ1) is 8.47. The van der Waals surface area contributed by atoms with Crippen LogP contribution in [-0.2, 0) is 28.1 Å². The fourth-order valence-corrected chi connectivity index (χ4v) is 2.00. The number of rotatable bonds is 2. The molecule has 101 valence electrons. The number of fused-ring (bicyclic) bond motifs is 1. The number of carbonyl (C=O) groups is 1. The summed E-state index contributed by atoms with van der Waals surface area (Å²) in [7, 11) is 0. The van der Waals surface area contributed by atoms with Gasteiger partial charge in [0.2, 0.25) is 5.82 Å². The Bertz CT molecular complexity index is 533. The van der Waals surface area contributed by atoms with E-state index in [1.807, 2.05) is 0 Å². The Hall–Kier alpha value is -1.40. The zero-order valence-electron chi connectivity index (χ0n) is 9.81. The second-order valence-electron chi connectivity index (χ2n) is 4.10. The number of phenols is 1. The maximum absolute atomic E-state index is 13.6. The summed E-state index contributed by atoms with van der Waals surface area (Å²) in [6.07, 6.45) is 1.38. The summed E-state index contributed by atoms with van der Waals surface area (Å²) >= 11 is 0. The Labute approximate surface area is 119 Å². The first-order valence-corrected chi connectivity index (χ1v) is 5.25. The van der Waals surface area contributed by atoms with E-state index in [1.54, 1.807) is 13.2 Å². The molecule has 2 unspecified atom stereocenters. The molecule has 19 heavy (non-hydrogen) atoms. The van der Waals surface area contributed by atoms with Gasteiger partial charge in [-0.3, -0.25) is 11.1 Å². The molecule has 1 aliphatic heterocycles. The predicted octanol–water partition coefficient (Wildman–Crippen LogP) is 1.81. The number of phenolic OH excluding ortho intramolecular Hbond substituents is 1. The van der Waals surface area contributed by atoms with Crippen LogP contribution in [0.1, 0.15) is 24.8 Å². The van der Waals surface area contributed by atoms with Crippen LogP contribution < -0.4 is 4.74 Å². The third-order valence-corrected chi connectivity index (χ3v) is 3.08. The Balaban J connectivity index is 0.00000180. The molecule has 0 bridgehead atoms. The molecule has 0 saturated heterocycles. The molecule has 1 N–H and O–H groups in total. The van der Waals surface area contributed by atoms with Gasteiger partial charge in [0.05, 0.1) is 0 Å². The third-order valence-electron chi connectivity index (χ3n) is 3.08. The molecule has 2 atom stereocenters. The van der Waals surface area contributed by atoms with Crippen LogP contribution in [0.2, 0.25) is 0 Å². The minimum Gasteiger partial charge on any atom is -0.542 e. The Morgan fingerprint density at radius 1 is 1.47 bits per heavy atom. The number of hydrogen-bond acceptors (Lipinski definition) is 4. The largest absolute Gasteiger partial charge is 0.542 e. The summed E-state index contributed by atoms with van der Waals surface area (Å²) in [4.78, 5) is 21.9. The van der Waals surface area contributed by atoms with E-state index in [4.69, 9.17) is 9.84 Å². The van der Waals surface area contributed by atoms with E-state index in [1.165, 1.54) is 0 Å². The Morgan fingerprint density at radius 3 is 2.68 bits per heavy atom. The number of hydrogen-bond donors (Lipinski definition) is 1. The minimum absolute atomic E-state index is 0. The third kappa shape index (κ3) is 2.50. The van der Waals surface area contributed by atoms with Crippen molar-refractivity contribution >= 4 is 12.3 Å². The maximum atomic E-state index is 13.6. The zero-order chi connectivity index (χ0) is 13.4. The van der Waals surface area contributed by atoms with Crippen molar-refractivity contribution in [2.75, 3.05) is 0 Å². The van der Waals surface area contributed by atoms with Crippen molar-refractivity contribution in [2.24, 2.45) is 5.92 Å².